The highest BCUT2D eigenvalue weighted by atomic mass is 32.2. The van der Waals surface area contributed by atoms with Gasteiger partial charge in [-0.25, -0.2) is 8.42 Å². The number of amides is 3. The average molecular weight is 778 g/mol. The van der Waals surface area contributed by atoms with Crippen LogP contribution in [0.15, 0.2) is 91.0 Å². The molecule has 302 valence electrons. The first-order valence-corrected chi connectivity index (χ1v) is 21.2. The standard InChI is InChI=1S/C42H63N7O5S/c1-32(2)45-38(24-14-16-26-44)41(51)47-37(23-13-15-25-43)29-49(55(53,54)31-36-21-11-6-12-22-36)30-40(50)48-39(28-35-19-9-5-10-20-35)42(52)46-33(3)27-34-17-7-4-8-18-34/h4-12,17-22,32-33,37-39,45H,13-16,23-31,43-44H2,1-3H3,(H,46,52)(H,47,51)(H,48,50). The van der Waals surface area contributed by atoms with Gasteiger partial charge in [-0.05, 0) is 68.8 Å². The van der Waals surface area contributed by atoms with Crippen molar-refractivity contribution in [3.05, 3.63) is 108 Å². The predicted octanol–water partition coefficient (Wildman–Crippen LogP) is 3.40. The number of nitrogens with zero attached hydrogens (tertiary/aromatic N) is 1. The number of benzene rings is 3. The molecule has 3 aromatic carbocycles. The molecular formula is C42H63N7O5S. The number of rotatable bonds is 26. The molecule has 0 aliphatic rings. The van der Waals surface area contributed by atoms with Crippen molar-refractivity contribution in [3.8, 4) is 0 Å². The van der Waals surface area contributed by atoms with Crippen molar-refractivity contribution in [2.45, 2.75) is 108 Å². The lowest BCUT2D eigenvalue weighted by Crippen LogP contribution is -2.55. The number of unbranched alkanes of at least 4 members (excludes halogenated alkanes) is 2. The molecule has 55 heavy (non-hydrogen) atoms. The van der Waals surface area contributed by atoms with Crippen LogP contribution in [0.25, 0.3) is 0 Å². The maximum Gasteiger partial charge on any atom is 0.243 e. The molecule has 0 fully saturated rings. The highest BCUT2D eigenvalue weighted by Gasteiger charge is 2.31. The van der Waals surface area contributed by atoms with Crippen LogP contribution < -0.4 is 32.7 Å². The van der Waals surface area contributed by atoms with Crippen LogP contribution in [0, 0.1) is 0 Å². The van der Waals surface area contributed by atoms with Crippen molar-refractivity contribution in [2.75, 3.05) is 26.2 Å². The number of nitrogens with two attached hydrogens (primary N) is 2. The molecule has 0 spiro atoms. The molecule has 3 aromatic rings. The Morgan fingerprint density at radius 2 is 1.15 bits per heavy atom. The second-order valence-electron chi connectivity index (χ2n) is 14.6. The quantitative estimate of drug-likeness (QED) is 0.0670. The van der Waals surface area contributed by atoms with Gasteiger partial charge in [-0.3, -0.25) is 14.4 Å². The highest BCUT2D eigenvalue weighted by molar-refractivity contribution is 7.88. The first-order chi connectivity index (χ1) is 26.4. The molecule has 0 saturated heterocycles. The maximum atomic E-state index is 14.2. The summed E-state index contributed by atoms with van der Waals surface area (Å²) in [5.74, 6) is -1.58. The smallest absolute Gasteiger partial charge is 0.243 e. The van der Waals surface area contributed by atoms with E-state index >= 15 is 0 Å². The number of sulfonamides is 1. The van der Waals surface area contributed by atoms with Gasteiger partial charge in [0.15, 0.2) is 0 Å². The summed E-state index contributed by atoms with van der Waals surface area (Å²) >= 11 is 0. The summed E-state index contributed by atoms with van der Waals surface area (Å²) in [5.41, 5.74) is 14.0. The van der Waals surface area contributed by atoms with Crippen molar-refractivity contribution in [1.29, 1.82) is 0 Å². The monoisotopic (exact) mass is 777 g/mol. The Balaban J connectivity index is 1.88. The van der Waals surface area contributed by atoms with E-state index < -0.39 is 40.6 Å². The van der Waals surface area contributed by atoms with E-state index in [9.17, 15) is 22.8 Å². The van der Waals surface area contributed by atoms with Gasteiger partial charge in [0.2, 0.25) is 27.7 Å². The van der Waals surface area contributed by atoms with Gasteiger partial charge in [0.05, 0.1) is 18.3 Å². The minimum absolute atomic E-state index is 0.0399. The van der Waals surface area contributed by atoms with Crippen LogP contribution in [0.1, 0.15) is 76.0 Å². The molecule has 0 saturated carbocycles. The van der Waals surface area contributed by atoms with Gasteiger partial charge in [-0.15, -0.1) is 0 Å². The van der Waals surface area contributed by atoms with E-state index in [1.165, 1.54) is 0 Å². The molecule has 12 nitrogen and oxygen atoms in total. The fourth-order valence-corrected chi connectivity index (χ4v) is 7.97. The third-order valence-electron chi connectivity index (χ3n) is 9.19. The molecule has 8 N–H and O–H groups in total. The average Bonchev–Trinajstić information content (AvgIpc) is 3.14. The number of carbonyl (C=O) groups excluding carboxylic acids is 3. The molecule has 0 radical (unpaired) electrons. The molecule has 4 atom stereocenters. The fourth-order valence-electron chi connectivity index (χ4n) is 6.45. The first kappa shape index (κ1) is 45.3. The van der Waals surface area contributed by atoms with Crippen LogP contribution in [0.2, 0.25) is 0 Å². The largest absolute Gasteiger partial charge is 0.352 e. The minimum atomic E-state index is -4.09. The van der Waals surface area contributed by atoms with Gasteiger partial charge >= 0.3 is 0 Å². The topological polar surface area (TPSA) is 189 Å². The molecule has 3 amide bonds. The van der Waals surface area contributed by atoms with Crippen LogP contribution in [-0.2, 0) is 43.0 Å². The molecular weight excluding hydrogens is 715 g/mol. The number of carbonyl (C=O) groups is 3. The Kier molecular flexibility index (Phi) is 20.1. The van der Waals surface area contributed by atoms with E-state index in [4.69, 9.17) is 11.5 Å². The van der Waals surface area contributed by atoms with Crippen molar-refractivity contribution in [1.82, 2.24) is 25.6 Å². The van der Waals surface area contributed by atoms with Gasteiger partial charge in [0.25, 0.3) is 0 Å². The Morgan fingerprint density at radius 1 is 0.636 bits per heavy atom. The summed E-state index contributed by atoms with van der Waals surface area (Å²) in [7, 11) is -4.09. The van der Waals surface area contributed by atoms with E-state index in [0.717, 1.165) is 28.3 Å². The normalized spacial score (nSPS) is 13.9. The summed E-state index contributed by atoms with van der Waals surface area (Å²) in [5, 5.41) is 12.3. The van der Waals surface area contributed by atoms with Gasteiger partial charge in [-0.1, -0.05) is 118 Å². The fraction of sp³-hybridized carbons (Fsp3) is 0.500. The van der Waals surface area contributed by atoms with E-state index in [0.29, 0.717) is 50.8 Å². The van der Waals surface area contributed by atoms with E-state index in [-0.39, 0.29) is 42.6 Å². The summed E-state index contributed by atoms with van der Waals surface area (Å²) in [6, 6.07) is 25.7. The molecule has 0 heterocycles. The number of hydrogen-bond donors (Lipinski definition) is 6. The minimum Gasteiger partial charge on any atom is -0.352 e. The molecule has 0 aromatic heterocycles. The van der Waals surface area contributed by atoms with Crippen LogP contribution in [0.5, 0.6) is 0 Å². The molecule has 13 heteroatoms. The van der Waals surface area contributed by atoms with Crippen molar-refractivity contribution < 1.29 is 22.8 Å². The molecule has 0 bridgehead atoms. The zero-order valence-corrected chi connectivity index (χ0v) is 33.6. The first-order valence-electron chi connectivity index (χ1n) is 19.6. The third kappa shape index (κ3) is 17.5. The van der Waals surface area contributed by atoms with Crippen LogP contribution in [-0.4, -0.2) is 86.8 Å². The molecule has 0 aliphatic carbocycles. The van der Waals surface area contributed by atoms with Gasteiger partial charge in [0.1, 0.15) is 6.04 Å². The zero-order valence-electron chi connectivity index (χ0n) is 32.8. The number of hydrogen-bond acceptors (Lipinski definition) is 8. The van der Waals surface area contributed by atoms with Crippen molar-refractivity contribution >= 4 is 27.7 Å². The predicted molar refractivity (Wildman–Crippen MR) is 220 cm³/mol. The Morgan fingerprint density at radius 3 is 1.69 bits per heavy atom. The Labute approximate surface area is 328 Å². The summed E-state index contributed by atoms with van der Waals surface area (Å²) in [6.45, 7) is 6.13. The lowest BCUT2D eigenvalue weighted by Gasteiger charge is -2.30. The lowest BCUT2D eigenvalue weighted by molar-refractivity contribution is -0.129. The zero-order chi connectivity index (χ0) is 40.1. The molecule has 0 aliphatic heterocycles. The van der Waals surface area contributed by atoms with Crippen LogP contribution in [0.3, 0.4) is 0 Å². The third-order valence-corrected chi connectivity index (χ3v) is 11.0. The Bertz CT molecular complexity index is 1660. The summed E-state index contributed by atoms with van der Waals surface area (Å²) in [4.78, 5) is 41.4. The van der Waals surface area contributed by atoms with Crippen molar-refractivity contribution in [3.63, 3.8) is 0 Å². The second kappa shape index (κ2) is 24.4. The van der Waals surface area contributed by atoms with Gasteiger partial charge in [0, 0.05) is 31.1 Å². The van der Waals surface area contributed by atoms with Crippen LogP contribution in [0.4, 0.5) is 0 Å². The van der Waals surface area contributed by atoms with Gasteiger partial charge in [-0.2, -0.15) is 4.31 Å². The van der Waals surface area contributed by atoms with E-state index in [1.807, 2.05) is 81.4 Å². The molecule has 4 unspecified atom stereocenters. The Hall–Kier alpha value is -4.14. The lowest BCUT2D eigenvalue weighted by atomic mass is 10.0. The second-order valence-corrected chi connectivity index (χ2v) is 16.6. The van der Waals surface area contributed by atoms with E-state index in [1.54, 1.807) is 30.3 Å². The summed E-state index contributed by atoms with van der Waals surface area (Å²) < 4.78 is 29.5. The van der Waals surface area contributed by atoms with Gasteiger partial charge < -0.3 is 32.7 Å². The van der Waals surface area contributed by atoms with Crippen molar-refractivity contribution in [2.24, 2.45) is 11.5 Å². The SMILES string of the molecule is CC(C)NC(CCCCN)C(=O)NC(CCCCN)CN(CC(=O)NC(Cc1ccccc1)C(=O)NC(C)Cc1ccccc1)S(=O)(=O)Cc1ccccc1. The molecule has 3 rings (SSSR count). The van der Waals surface area contributed by atoms with E-state index in [2.05, 4.69) is 21.3 Å². The summed E-state index contributed by atoms with van der Waals surface area (Å²) in [6.07, 6.45) is 4.71. The highest BCUT2D eigenvalue weighted by Crippen LogP contribution is 2.15. The number of nitrogens with one attached hydrogen (secondary N) is 4. The van der Waals surface area contributed by atoms with Crippen LogP contribution >= 0.6 is 0 Å². The maximum absolute atomic E-state index is 14.2.